The Bertz CT molecular complexity index is 689. The topological polar surface area (TPSA) is 59.4 Å². The van der Waals surface area contributed by atoms with Gasteiger partial charge >= 0.3 is 5.97 Å². The Balaban J connectivity index is 2.60. The average Bonchev–Trinajstić information content (AvgIpc) is 2.83. The van der Waals surface area contributed by atoms with Gasteiger partial charge in [-0.3, -0.25) is 0 Å². The molecule has 112 valence electrons. The summed E-state index contributed by atoms with van der Waals surface area (Å²) in [5.74, 6) is -1.53. The number of methoxy groups -OCH3 is 1. The molecule has 0 aliphatic heterocycles. The Labute approximate surface area is 126 Å². The Hall–Kier alpha value is -1.95. The van der Waals surface area contributed by atoms with Crippen LogP contribution in [0.2, 0.25) is 0 Å². The number of rotatable bonds is 3. The first-order valence-electron chi connectivity index (χ1n) is 6.32. The highest BCUT2D eigenvalue weighted by Gasteiger charge is 2.25. The summed E-state index contributed by atoms with van der Waals surface area (Å²) < 4.78 is 18.7. The minimum atomic E-state index is -1.12. The number of carboxylic acid groups (broad SMARTS) is 1. The van der Waals surface area contributed by atoms with Gasteiger partial charge in [0.05, 0.1) is 17.0 Å². The van der Waals surface area contributed by atoms with Gasteiger partial charge in [-0.1, -0.05) is 20.8 Å². The summed E-state index contributed by atoms with van der Waals surface area (Å²) in [4.78, 5) is 16.0. The second kappa shape index (κ2) is 5.44. The number of aromatic nitrogens is 1. The highest BCUT2D eigenvalue weighted by Crippen LogP contribution is 2.37. The van der Waals surface area contributed by atoms with Gasteiger partial charge in [-0.25, -0.2) is 14.2 Å². The molecule has 0 spiro atoms. The van der Waals surface area contributed by atoms with E-state index in [4.69, 9.17) is 4.74 Å². The number of nitrogens with zero attached hydrogens (tertiary/aromatic N) is 1. The van der Waals surface area contributed by atoms with Crippen LogP contribution >= 0.6 is 11.3 Å². The van der Waals surface area contributed by atoms with Crippen molar-refractivity contribution in [1.29, 1.82) is 0 Å². The first-order chi connectivity index (χ1) is 9.74. The second-order valence-electron chi connectivity index (χ2n) is 5.60. The molecular weight excluding hydrogens is 293 g/mol. The first kappa shape index (κ1) is 15.4. The summed E-state index contributed by atoms with van der Waals surface area (Å²) in [6.07, 6.45) is 0. The standard InChI is InChI=1S/C15H16FNO3S/c1-15(2,3)14-17-11(13(18)19)12(21-14)8-5-6-10(20-4)9(16)7-8/h5-7H,1-4H3,(H,18,19). The van der Waals surface area contributed by atoms with E-state index in [0.29, 0.717) is 15.4 Å². The van der Waals surface area contributed by atoms with Gasteiger partial charge in [0.15, 0.2) is 17.3 Å². The van der Waals surface area contributed by atoms with Gasteiger partial charge in [0.2, 0.25) is 0 Å². The monoisotopic (exact) mass is 309 g/mol. The lowest BCUT2D eigenvalue weighted by Gasteiger charge is -2.13. The van der Waals surface area contributed by atoms with E-state index in [0.717, 1.165) is 0 Å². The molecule has 6 heteroatoms. The number of thiazole rings is 1. The number of hydrogen-bond acceptors (Lipinski definition) is 4. The molecule has 21 heavy (non-hydrogen) atoms. The lowest BCUT2D eigenvalue weighted by atomic mass is 9.98. The van der Waals surface area contributed by atoms with E-state index in [-0.39, 0.29) is 16.9 Å². The van der Waals surface area contributed by atoms with Crippen LogP contribution in [0.4, 0.5) is 4.39 Å². The van der Waals surface area contributed by atoms with E-state index in [9.17, 15) is 14.3 Å². The fourth-order valence-electron chi connectivity index (χ4n) is 1.79. The summed E-state index contributed by atoms with van der Waals surface area (Å²) in [5, 5.41) is 10.0. The van der Waals surface area contributed by atoms with Crippen LogP contribution in [0.15, 0.2) is 18.2 Å². The van der Waals surface area contributed by atoms with Crippen LogP contribution in [0.1, 0.15) is 36.3 Å². The van der Waals surface area contributed by atoms with Gasteiger partial charge in [-0.15, -0.1) is 11.3 Å². The van der Waals surface area contributed by atoms with Crippen molar-refractivity contribution in [3.05, 3.63) is 34.7 Å². The third kappa shape index (κ3) is 3.05. The molecular formula is C15H16FNO3S. The van der Waals surface area contributed by atoms with Gasteiger partial charge in [-0.05, 0) is 23.8 Å². The summed E-state index contributed by atoms with van der Waals surface area (Å²) >= 11 is 1.27. The smallest absolute Gasteiger partial charge is 0.356 e. The van der Waals surface area contributed by atoms with E-state index in [1.165, 1.54) is 30.6 Å². The fraction of sp³-hybridized carbons (Fsp3) is 0.333. The molecule has 1 aromatic carbocycles. The molecule has 0 radical (unpaired) electrons. The summed E-state index contributed by atoms with van der Waals surface area (Å²) in [6.45, 7) is 5.86. The zero-order valence-electron chi connectivity index (χ0n) is 12.2. The van der Waals surface area contributed by atoms with Gasteiger partial charge in [0, 0.05) is 5.41 Å². The Morgan fingerprint density at radius 3 is 2.52 bits per heavy atom. The fourth-order valence-corrected chi connectivity index (χ4v) is 2.90. The predicted molar refractivity (Wildman–Crippen MR) is 79.7 cm³/mol. The maximum atomic E-state index is 13.8. The van der Waals surface area contributed by atoms with Crippen LogP contribution in [0.5, 0.6) is 5.75 Å². The lowest BCUT2D eigenvalue weighted by Crippen LogP contribution is -2.11. The molecule has 0 saturated carbocycles. The molecule has 0 aliphatic rings. The molecule has 1 aromatic heterocycles. The molecule has 4 nitrogen and oxygen atoms in total. The number of carbonyl (C=O) groups is 1. The molecule has 0 bridgehead atoms. The summed E-state index contributed by atoms with van der Waals surface area (Å²) in [5.41, 5.74) is 0.172. The first-order valence-corrected chi connectivity index (χ1v) is 7.14. The van der Waals surface area contributed by atoms with Crippen molar-refractivity contribution in [2.24, 2.45) is 0 Å². The molecule has 1 heterocycles. The second-order valence-corrected chi connectivity index (χ2v) is 6.60. The molecule has 0 amide bonds. The van der Waals surface area contributed by atoms with Crippen molar-refractivity contribution < 1.29 is 19.0 Å². The Morgan fingerprint density at radius 1 is 1.38 bits per heavy atom. The lowest BCUT2D eigenvalue weighted by molar-refractivity contribution is 0.0692. The van der Waals surface area contributed by atoms with Crippen LogP contribution in [0.3, 0.4) is 0 Å². The van der Waals surface area contributed by atoms with E-state index < -0.39 is 11.8 Å². The third-order valence-electron chi connectivity index (χ3n) is 2.89. The molecule has 0 atom stereocenters. The van der Waals surface area contributed by atoms with Crippen molar-refractivity contribution in [2.45, 2.75) is 26.2 Å². The highest BCUT2D eigenvalue weighted by molar-refractivity contribution is 7.15. The average molecular weight is 309 g/mol. The van der Waals surface area contributed by atoms with Crippen LogP contribution in [-0.4, -0.2) is 23.2 Å². The Morgan fingerprint density at radius 2 is 2.05 bits per heavy atom. The molecule has 0 saturated heterocycles. The van der Waals surface area contributed by atoms with Crippen LogP contribution < -0.4 is 4.74 Å². The van der Waals surface area contributed by atoms with E-state index >= 15 is 0 Å². The highest BCUT2D eigenvalue weighted by atomic mass is 32.1. The van der Waals surface area contributed by atoms with Gasteiger partial charge in [-0.2, -0.15) is 0 Å². The maximum absolute atomic E-state index is 13.8. The molecule has 0 aliphatic carbocycles. The van der Waals surface area contributed by atoms with E-state index in [1.807, 2.05) is 20.8 Å². The summed E-state index contributed by atoms with van der Waals surface area (Å²) in [6, 6.07) is 4.38. The van der Waals surface area contributed by atoms with Crippen LogP contribution in [0, 0.1) is 5.82 Å². The molecule has 2 rings (SSSR count). The zero-order valence-corrected chi connectivity index (χ0v) is 13.0. The molecule has 0 fully saturated rings. The van der Waals surface area contributed by atoms with Crippen molar-refractivity contribution in [1.82, 2.24) is 4.98 Å². The van der Waals surface area contributed by atoms with Crippen molar-refractivity contribution in [3.63, 3.8) is 0 Å². The van der Waals surface area contributed by atoms with Gasteiger partial charge in [0.25, 0.3) is 0 Å². The Kier molecular flexibility index (Phi) is 4.00. The molecule has 2 aromatic rings. The quantitative estimate of drug-likeness (QED) is 0.932. The number of benzene rings is 1. The van der Waals surface area contributed by atoms with Gasteiger partial charge < -0.3 is 9.84 Å². The number of halogens is 1. The molecule has 0 unspecified atom stereocenters. The SMILES string of the molecule is COc1ccc(-c2sc(C(C)(C)C)nc2C(=O)O)cc1F. The van der Waals surface area contributed by atoms with E-state index in [1.54, 1.807) is 6.07 Å². The van der Waals surface area contributed by atoms with Crippen LogP contribution in [-0.2, 0) is 5.41 Å². The number of ether oxygens (including phenoxy) is 1. The molecule has 1 N–H and O–H groups in total. The number of aromatic carboxylic acids is 1. The third-order valence-corrected chi connectivity index (χ3v) is 4.42. The van der Waals surface area contributed by atoms with Crippen molar-refractivity contribution in [2.75, 3.05) is 7.11 Å². The maximum Gasteiger partial charge on any atom is 0.356 e. The van der Waals surface area contributed by atoms with Gasteiger partial charge in [0.1, 0.15) is 0 Å². The van der Waals surface area contributed by atoms with Crippen LogP contribution in [0.25, 0.3) is 10.4 Å². The predicted octanol–water partition coefficient (Wildman–Crippen LogP) is 3.95. The van der Waals surface area contributed by atoms with Crippen molar-refractivity contribution >= 4 is 17.3 Å². The minimum absolute atomic E-state index is 0.0468. The number of hydrogen-bond donors (Lipinski definition) is 1. The van der Waals surface area contributed by atoms with Crippen molar-refractivity contribution in [3.8, 4) is 16.2 Å². The van der Waals surface area contributed by atoms with E-state index in [2.05, 4.69) is 4.98 Å². The largest absolute Gasteiger partial charge is 0.494 e. The summed E-state index contributed by atoms with van der Waals surface area (Å²) in [7, 11) is 1.38. The normalized spacial score (nSPS) is 11.5. The minimum Gasteiger partial charge on any atom is -0.494 e. The number of carboxylic acids is 1. The zero-order chi connectivity index (χ0) is 15.8.